The summed E-state index contributed by atoms with van der Waals surface area (Å²) in [7, 11) is 1.70. The first kappa shape index (κ1) is 21.3. The van der Waals surface area contributed by atoms with E-state index in [4.69, 9.17) is 9.47 Å². The van der Waals surface area contributed by atoms with E-state index in [2.05, 4.69) is 4.98 Å². The second kappa shape index (κ2) is 9.92. The number of amides is 2. The number of aromatic nitrogens is 1. The largest absolute Gasteiger partial charge is 0.489 e. The average Bonchev–Trinajstić information content (AvgIpc) is 2.84. The summed E-state index contributed by atoms with van der Waals surface area (Å²) in [5, 5.41) is 0. The van der Waals surface area contributed by atoms with E-state index in [9.17, 15) is 9.59 Å². The zero-order chi connectivity index (χ0) is 21.6. The molecule has 0 bridgehead atoms. The smallest absolute Gasteiger partial charge is 0.257 e. The number of carbonyl (C=O) groups excluding carboxylic acids is 2. The predicted octanol–water partition coefficient (Wildman–Crippen LogP) is 3.02. The number of para-hydroxylation sites is 1. The Morgan fingerprint density at radius 2 is 1.74 bits per heavy atom. The van der Waals surface area contributed by atoms with Crippen LogP contribution in [0, 0.1) is 0 Å². The molecule has 2 aliphatic heterocycles. The summed E-state index contributed by atoms with van der Waals surface area (Å²) in [5.74, 6) is 0.602. The number of piperidine rings is 2. The number of pyridine rings is 1. The van der Waals surface area contributed by atoms with Gasteiger partial charge < -0.3 is 19.3 Å². The van der Waals surface area contributed by atoms with Gasteiger partial charge in [-0.1, -0.05) is 12.1 Å². The van der Waals surface area contributed by atoms with Gasteiger partial charge in [0, 0.05) is 58.5 Å². The summed E-state index contributed by atoms with van der Waals surface area (Å²) in [6.45, 7) is 2.59. The topological polar surface area (TPSA) is 72.0 Å². The molecule has 7 nitrogen and oxygen atoms in total. The maximum absolute atomic E-state index is 13.2. The van der Waals surface area contributed by atoms with Crippen molar-refractivity contribution in [2.75, 3.05) is 33.3 Å². The lowest BCUT2D eigenvalue weighted by Gasteiger charge is -2.34. The third kappa shape index (κ3) is 5.05. The number of rotatable bonds is 5. The van der Waals surface area contributed by atoms with Crippen LogP contribution in [0.4, 0.5) is 0 Å². The number of methoxy groups -OCH3 is 1. The molecule has 0 spiro atoms. The Morgan fingerprint density at radius 1 is 0.935 bits per heavy atom. The third-order valence-electron chi connectivity index (χ3n) is 6.05. The number of hydrogen-bond acceptors (Lipinski definition) is 5. The third-order valence-corrected chi connectivity index (χ3v) is 6.05. The second-order valence-corrected chi connectivity index (χ2v) is 8.10. The van der Waals surface area contributed by atoms with Gasteiger partial charge in [0.2, 0.25) is 0 Å². The highest BCUT2D eigenvalue weighted by Gasteiger charge is 2.28. The normalized spacial score (nSPS) is 19.8. The number of nitrogens with zero attached hydrogens (tertiary/aromatic N) is 3. The van der Waals surface area contributed by atoms with Crippen LogP contribution < -0.4 is 4.74 Å². The van der Waals surface area contributed by atoms with E-state index in [1.165, 1.54) is 0 Å². The number of hydrogen-bond donors (Lipinski definition) is 0. The lowest BCUT2D eigenvalue weighted by Crippen LogP contribution is -2.43. The van der Waals surface area contributed by atoms with Gasteiger partial charge in [-0.15, -0.1) is 0 Å². The molecule has 2 amide bonds. The fourth-order valence-electron chi connectivity index (χ4n) is 4.26. The summed E-state index contributed by atoms with van der Waals surface area (Å²) >= 11 is 0. The van der Waals surface area contributed by atoms with Crippen LogP contribution in [0.3, 0.4) is 0 Å². The molecule has 1 aromatic carbocycles. The van der Waals surface area contributed by atoms with Crippen LogP contribution in [0.1, 0.15) is 46.4 Å². The van der Waals surface area contributed by atoms with E-state index in [0.29, 0.717) is 36.5 Å². The molecule has 4 rings (SSSR count). The molecule has 1 aromatic heterocycles. The monoisotopic (exact) mass is 423 g/mol. The lowest BCUT2D eigenvalue weighted by atomic mass is 10.0. The van der Waals surface area contributed by atoms with Crippen molar-refractivity contribution in [3.05, 3.63) is 59.9 Å². The van der Waals surface area contributed by atoms with Crippen molar-refractivity contribution in [3.63, 3.8) is 0 Å². The zero-order valence-electron chi connectivity index (χ0n) is 17.9. The summed E-state index contributed by atoms with van der Waals surface area (Å²) in [5.41, 5.74) is 1.20. The molecular formula is C24H29N3O4. The molecular weight excluding hydrogens is 394 g/mol. The van der Waals surface area contributed by atoms with E-state index in [1.54, 1.807) is 31.6 Å². The first-order valence-corrected chi connectivity index (χ1v) is 10.9. The molecule has 164 valence electrons. The predicted molar refractivity (Wildman–Crippen MR) is 116 cm³/mol. The quantitative estimate of drug-likeness (QED) is 0.739. The van der Waals surface area contributed by atoms with E-state index in [1.807, 2.05) is 34.1 Å². The first-order chi connectivity index (χ1) is 15.2. The minimum atomic E-state index is -0.0278. The second-order valence-electron chi connectivity index (χ2n) is 8.10. The maximum atomic E-state index is 13.2. The van der Waals surface area contributed by atoms with Crippen molar-refractivity contribution in [2.24, 2.45) is 0 Å². The molecule has 2 fully saturated rings. The van der Waals surface area contributed by atoms with Gasteiger partial charge >= 0.3 is 0 Å². The van der Waals surface area contributed by atoms with Crippen LogP contribution in [0.15, 0.2) is 48.8 Å². The van der Waals surface area contributed by atoms with E-state index >= 15 is 0 Å². The van der Waals surface area contributed by atoms with Gasteiger partial charge in [-0.05, 0) is 37.1 Å². The van der Waals surface area contributed by atoms with E-state index < -0.39 is 0 Å². The van der Waals surface area contributed by atoms with Crippen LogP contribution in [0.25, 0.3) is 0 Å². The van der Waals surface area contributed by atoms with Crippen molar-refractivity contribution in [1.29, 1.82) is 0 Å². The van der Waals surface area contributed by atoms with Crippen molar-refractivity contribution in [1.82, 2.24) is 14.8 Å². The van der Waals surface area contributed by atoms with Gasteiger partial charge in [-0.25, -0.2) is 0 Å². The molecule has 1 atom stereocenters. The van der Waals surface area contributed by atoms with Crippen molar-refractivity contribution < 1.29 is 19.1 Å². The molecule has 0 saturated carbocycles. The van der Waals surface area contributed by atoms with Gasteiger partial charge in [0.25, 0.3) is 11.8 Å². The zero-order valence-corrected chi connectivity index (χ0v) is 17.9. The Morgan fingerprint density at radius 3 is 2.48 bits per heavy atom. The fourth-order valence-corrected chi connectivity index (χ4v) is 4.26. The SMILES string of the molecule is COC1CCCN(C(=O)c2ccccc2OC2CCN(C(=O)c3cccnc3)CC2)C1. The minimum Gasteiger partial charge on any atom is -0.489 e. The Labute approximate surface area is 183 Å². The summed E-state index contributed by atoms with van der Waals surface area (Å²) in [6.07, 6.45) is 6.70. The molecule has 2 saturated heterocycles. The lowest BCUT2D eigenvalue weighted by molar-refractivity contribution is 0.0264. The molecule has 0 aliphatic carbocycles. The molecule has 31 heavy (non-hydrogen) atoms. The summed E-state index contributed by atoms with van der Waals surface area (Å²) in [4.78, 5) is 33.5. The van der Waals surface area contributed by atoms with Crippen molar-refractivity contribution >= 4 is 11.8 Å². The standard InChI is InChI=1S/C24H29N3O4/c1-30-20-7-5-13-27(17-20)24(29)21-8-2-3-9-22(21)31-19-10-14-26(15-11-19)23(28)18-6-4-12-25-16-18/h2-4,6,8-9,12,16,19-20H,5,7,10-11,13-15,17H2,1H3. The number of carbonyl (C=O) groups is 2. The summed E-state index contributed by atoms with van der Waals surface area (Å²) < 4.78 is 11.7. The van der Waals surface area contributed by atoms with Crippen molar-refractivity contribution in [2.45, 2.75) is 37.9 Å². The number of ether oxygens (including phenoxy) is 2. The molecule has 0 radical (unpaired) electrons. The molecule has 2 aromatic rings. The van der Waals surface area contributed by atoms with E-state index in [0.717, 1.165) is 32.2 Å². The Balaban J connectivity index is 1.37. The first-order valence-electron chi connectivity index (χ1n) is 10.9. The van der Waals surface area contributed by atoms with E-state index in [-0.39, 0.29) is 24.0 Å². The molecule has 0 N–H and O–H groups in total. The van der Waals surface area contributed by atoms with Crippen LogP contribution in [-0.4, -0.2) is 72.1 Å². The maximum Gasteiger partial charge on any atom is 0.257 e. The van der Waals surface area contributed by atoms with Crippen LogP contribution >= 0.6 is 0 Å². The average molecular weight is 424 g/mol. The van der Waals surface area contributed by atoms with Crippen LogP contribution in [0.5, 0.6) is 5.75 Å². The number of benzene rings is 1. The number of likely N-dealkylation sites (tertiary alicyclic amines) is 2. The van der Waals surface area contributed by atoms with Gasteiger partial charge in [-0.2, -0.15) is 0 Å². The fraction of sp³-hybridized carbons (Fsp3) is 0.458. The van der Waals surface area contributed by atoms with Crippen LogP contribution in [0.2, 0.25) is 0 Å². The molecule has 2 aliphatic rings. The Bertz CT molecular complexity index is 897. The van der Waals surface area contributed by atoms with Gasteiger partial charge in [0.1, 0.15) is 11.9 Å². The van der Waals surface area contributed by atoms with Crippen molar-refractivity contribution in [3.8, 4) is 5.75 Å². The van der Waals surface area contributed by atoms with Gasteiger partial charge in [0.15, 0.2) is 0 Å². The highest BCUT2D eigenvalue weighted by molar-refractivity contribution is 5.97. The Kier molecular flexibility index (Phi) is 6.82. The van der Waals surface area contributed by atoms with Gasteiger partial charge in [0.05, 0.1) is 17.2 Å². The molecule has 1 unspecified atom stereocenters. The van der Waals surface area contributed by atoms with Gasteiger partial charge in [-0.3, -0.25) is 14.6 Å². The summed E-state index contributed by atoms with van der Waals surface area (Å²) in [6, 6.07) is 11.0. The van der Waals surface area contributed by atoms with Crippen LogP contribution in [-0.2, 0) is 4.74 Å². The molecule has 3 heterocycles. The highest BCUT2D eigenvalue weighted by Crippen LogP contribution is 2.26. The highest BCUT2D eigenvalue weighted by atomic mass is 16.5. The minimum absolute atomic E-state index is 0.0000707. The Hall–Kier alpha value is -2.93. The molecule has 7 heteroatoms.